The van der Waals surface area contributed by atoms with Crippen molar-refractivity contribution in [3.8, 4) is 0 Å². The van der Waals surface area contributed by atoms with Crippen LogP contribution in [-0.2, 0) is 11.8 Å². The molecule has 1 aromatic rings. The summed E-state index contributed by atoms with van der Waals surface area (Å²) >= 11 is 0. The Bertz CT molecular complexity index is 470. The van der Waals surface area contributed by atoms with Crippen LogP contribution in [0.4, 0.5) is 5.69 Å². The minimum absolute atomic E-state index is 0.0288. The number of nitro groups is 1. The van der Waals surface area contributed by atoms with Gasteiger partial charge in [0.05, 0.1) is 4.92 Å². The van der Waals surface area contributed by atoms with Crippen LogP contribution in [0.15, 0.2) is 0 Å². The van der Waals surface area contributed by atoms with E-state index in [0.29, 0.717) is 26.2 Å². The third-order valence-corrected chi connectivity index (χ3v) is 2.54. The van der Waals surface area contributed by atoms with Crippen molar-refractivity contribution in [1.29, 1.82) is 0 Å². The number of carbonyl (C=O) groups is 1. The molecule has 0 fully saturated rings. The summed E-state index contributed by atoms with van der Waals surface area (Å²) in [5, 5.41) is 17.5. The molecule has 1 rings (SSSR count). The van der Waals surface area contributed by atoms with E-state index in [1.807, 2.05) is 6.92 Å². The van der Waals surface area contributed by atoms with Crippen molar-refractivity contribution in [3.63, 3.8) is 0 Å². The van der Waals surface area contributed by atoms with E-state index < -0.39 is 10.8 Å². The summed E-state index contributed by atoms with van der Waals surface area (Å²) in [6, 6.07) is 0. The number of nitrogens with one attached hydrogen (secondary N) is 1. The fourth-order valence-electron chi connectivity index (χ4n) is 1.72. The third kappa shape index (κ3) is 3.75. The molecule has 0 aliphatic rings. The lowest BCUT2D eigenvalue weighted by atomic mass is 10.3. The van der Waals surface area contributed by atoms with Crippen molar-refractivity contribution in [2.45, 2.75) is 20.3 Å². The molecule has 1 aromatic heterocycles. The van der Waals surface area contributed by atoms with Crippen molar-refractivity contribution in [2.75, 3.05) is 19.8 Å². The second-order valence-electron chi connectivity index (χ2n) is 3.97. The maximum atomic E-state index is 11.9. The van der Waals surface area contributed by atoms with E-state index in [0.717, 1.165) is 0 Å². The predicted octanol–water partition coefficient (Wildman–Crippen LogP) is 0.793. The Morgan fingerprint density at radius 3 is 2.84 bits per heavy atom. The Labute approximate surface area is 110 Å². The number of aromatic nitrogens is 2. The monoisotopic (exact) mass is 270 g/mol. The van der Waals surface area contributed by atoms with Crippen molar-refractivity contribution < 1.29 is 14.5 Å². The topological polar surface area (TPSA) is 99.3 Å². The summed E-state index contributed by atoms with van der Waals surface area (Å²) in [7, 11) is 1.51. The first-order valence-electron chi connectivity index (χ1n) is 6.03. The van der Waals surface area contributed by atoms with Crippen molar-refractivity contribution in [1.82, 2.24) is 15.1 Å². The number of amides is 1. The molecule has 0 spiro atoms. The average molecular weight is 270 g/mol. The highest BCUT2D eigenvalue weighted by Gasteiger charge is 2.28. The molecule has 0 aliphatic heterocycles. The molecule has 0 unspecified atom stereocenters. The maximum Gasteiger partial charge on any atom is 0.322 e. The van der Waals surface area contributed by atoms with E-state index in [-0.39, 0.29) is 17.1 Å². The van der Waals surface area contributed by atoms with Gasteiger partial charge in [-0.25, -0.2) is 0 Å². The number of aryl methyl sites for hydroxylation is 2. The van der Waals surface area contributed by atoms with Crippen LogP contribution >= 0.6 is 0 Å². The lowest BCUT2D eigenvalue weighted by Gasteiger charge is -2.05. The molecule has 1 amide bonds. The van der Waals surface area contributed by atoms with Gasteiger partial charge in [0.15, 0.2) is 0 Å². The Morgan fingerprint density at radius 2 is 2.26 bits per heavy atom. The van der Waals surface area contributed by atoms with Crippen molar-refractivity contribution in [3.05, 3.63) is 21.5 Å². The molecular weight excluding hydrogens is 252 g/mol. The normalized spacial score (nSPS) is 10.5. The minimum atomic E-state index is -0.586. The highest BCUT2D eigenvalue weighted by molar-refractivity contribution is 5.96. The smallest absolute Gasteiger partial charge is 0.322 e. The van der Waals surface area contributed by atoms with Crippen LogP contribution in [0.2, 0.25) is 0 Å². The van der Waals surface area contributed by atoms with Crippen molar-refractivity contribution in [2.24, 2.45) is 7.05 Å². The molecule has 0 saturated heterocycles. The zero-order chi connectivity index (χ0) is 14.4. The number of hydrogen-bond donors (Lipinski definition) is 1. The first-order chi connectivity index (χ1) is 8.99. The molecule has 106 valence electrons. The van der Waals surface area contributed by atoms with Gasteiger partial charge in [-0.05, 0) is 20.3 Å². The van der Waals surface area contributed by atoms with Gasteiger partial charge in [-0.15, -0.1) is 0 Å². The molecule has 1 heterocycles. The van der Waals surface area contributed by atoms with E-state index in [9.17, 15) is 14.9 Å². The predicted molar refractivity (Wildman–Crippen MR) is 68.0 cm³/mol. The number of rotatable bonds is 7. The largest absolute Gasteiger partial charge is 0.382 e. The molecule has 0 atom stereocenters. The van der Waals surface area contributed by atoms with Gasteiger partial charge in [0.25, 0.3) is 5.91 Å². The maximum absolute atomic E-state index is 11.9. The summed E-state index contributed by atoms with van der Waals surface area (Å²) in [4.78, 5) is 22.3. The number of nitrogens with zero attached hydrogens (tertiary/aromatic N) is 3. The van der Waals surface area contributed by atoms with Gasteiger partial charge in [0.2, 0.25) is 5.69 Å². The van der Waals surface area contributed by atoms with Crippen LogP contribution in [0, 0.1) is 17.0 Å². The second kappa shape index (κ2) is 6.83. The molecule has 19 heavy (non-hydrogen) atoms. The number of ether oxygens (including phenoxy) is 1. The van der Waals surface area contributed by atoms with Gasteiger partial charge in [0, 0.05) is 26.8 Å². The van der Waals surface area contributed by atoms with Gasteiger partial charge in [-0.2, -0.15) is 5.10 Å². The summed E-state index contributed by atoms with van der Waals surface area (Å²) < 4.78 is 6.36. The van der Waals surface area contributed by atoms with Gasteiger partial charge < -0.3 is 10.1 Å². The molecule has 0 saturated carbocycles. The Balaban J connectivity index is 2.69. The van der Waals surface area contributed by atoms with E-state index in [2.05, 4.69) is 10.4 Å². The molecular formula is C11H18N4O4. The van der Waals surface area contributed by atoms with Crippen molar-refractivity contribution >= 4 is 11.6 Å². The van der Waals surface area contributed by atoms with Crippen LogP contribution in [0.25, 0.3) is 0 Å². The minimum Gasteiger partial charge on any atom is -0.382 e. The van der Waals surface area contributed by atoms with Crippen LogP contribution in [0.1, 0.15) is 29.5 Å². The zero-order valence-corrected chi connectivity index (χ0v) is 11.3. The fraction of sp³-hybridized carbons (Fsp3) is 0.636. The molecule has 8 heteroatoms. The van der Waals surface area contributed by atoms with E-state index in [1.54, 1.807) is 0 Å². The number of carbonyl (C=O) groups excluding carboxylic acids is 1. The SMILES string of the molecule is CCOCCCNC(=O)c1c([N+](=O)[O-])c(C)nn1C. The second-order valence-corrected chi connectivity index (χ2v) is 3.97. The Kier molecular flexibility index (Phi) is 5.43. The summed E-state index contributed by atoms with van der Waals surface area (Å²) in [6.07, 6.45) is 0.657. The summed E-state index contributed by atoms with van der Waals surface area (Å²) in [5.74, 6) is -0.494. The molecule has 8 nitrogen and oxygen atoms in total. The number of hydrogen-bond acceptors (Lipinski definition) is 5. The first kappa shape index (κ1) is 15.1. The molecule has 0 bridgehead atoms. The first-order valence-corrected chi connectivity index (χ1v) is 6.03. The standard InChI is InChI=1S/C11H18N4O4/c1-4-19-7-5-6-12-11(16)10-9(15(17)18)8(2)13-14(10)3/h4-7H2,1-3H3,(H,12,16). The van der Waals surface area contributed by atoms with Gasteiger partial charge in [-0.1, -0.05) is 0 Å². The lowest BCUT2D eigenvalue weighted by Crippen LogP contribution is -2.28. The van der Waals surface area contributed by atoms with Crippen LogP contribution < -0.4 is 5.32 Å². The highest BCUT2D eigenvalue weighted by atomic mass is 16.6. The third-order valence-electron chi connectivity index (χ3n) is 2.54. The molecule has 1 N–H and O–H groups in total. The molecule has 0 radical (unpaired) electrons. The van der Waals surface area contributed by atoms with E-state index >= 15 is 0 Å². The van der Waals surface area contributed by atoms with Crippen LogP contribution in [0.5, 0.6) is 0 Å². The van der Waals surface area contributed by atoms with E-state index in [4.69, 9.17) is 4.74 Å². The summed E-state index contributed by atoms with van der Waals surface area (Å²) in [6.45, 7) is 4.97. The van der Waals surface area contributed by atoms with Gasteiger partial charge >= 0.3 is 5.69 Å². The zero-order valence-electron chi connectivity index (χ0n) is 11.3. The summed E-state index contributed by atoms with van der Waals surface area (Å²) in [5.41, 5.74) is -0.0457. The van der Waals surface area contributed by atoms with E-state index in [1.165, 1.54) is 18.7 Å². The molecule has 0 aliphatic carbocycles. The molecule has 0 aromatic carbocycles. The average Bonchev–Trinajstić information content (AvgIpc) is 2.63. The Morgan fingerprint density at radius 1 is 1.58 bits per heavy atom. The van der Waals surface area contributed by atoms with Crippen LogP contribution in [-0.4, -0.2) is 40.4 Å². The fourth-order valence-corrected chi connectivity index (χ4v) is 1.72. The van der Waals surface area contributed by atoms with Crippen LogP contribution in [0.3, 0.4) is 0 Å². The van der Waals surface area contributed by atoms with Gasteiger partial charge in [0.1, 0.15) is 5.69 Å². The van der Waals surface area contributed by atoms with Gasteiger partial charge in [-0.3, -0.25) is 19.6 Å². The highest BCUT2D eigenvalue weighted by Crippen LogP contribution is 2.21. The lowest BCUT2D eigenvalue weighted by molar-refractivity contribution is -0.385. The Hall–Kier alpha value is -1.96. The quantitative estimate of drug-likeness (QED) is 0.448.